The van der Waals surface area contributed by atoms with Gasteiger partial charge in [-0.15, -0.1) is 0 Å². The molecule has 0 amide bonds. The van der Waals surface area contributed by atoms with Crippen molar-refractivity contribution < 1.29 is 8.42 Å². The Kier molecular flexibility index (Phi) is 3.32. The highest BCUT2D eigenvalue weighted by atomic mass is 32.2. The van der Waals surface area contributed by atoms with Crippen LogP contribution >= 0.6 is 0 Å². The van der Waals surface area contributed by atoms with Crippen LogP contribution in [-0.2, 0) is 10.0 Å². The van der Waals surface area contributed by atoms with E-state index in [1.54, 1.807) is 24.3 Å². The summed E-state index contributed by atoms with van der Waals surface area (Å²) in [5.41, 5.74) is 3.45. The summed E-state index contributed by atoms with van der Waals surface area (Å²) >= 11 is 0. The van der Waals surface area contributed by atoms with Gasteiger partial charge in [-0.3, -0.25) is 4.72 Å². The second-order valence-electron chi connectivity index (χ2n) is 5.80. The Morgan fingerprint density at radius 2 is 1.58 bits per heavy atom. The van der Waals surface area contributed by atoms with E-state index in [1.165, 1.54) is 0 Å². The van der Waals surface area contributed by atoms with Crippen LogP contribution < -0.4 is 4.72 Å². The maximum atomic E-state index is 12.7. The third-order valence-corrected chi connectivity index (χ3v) is 5.48. The van der Waals surface area contributed by atoms with Crippen molar-refractivity contribution in [2.75, 3.05) is 4.72 Å². The number of aromatic nitrogens is 1. The van der Waals surface area contributed by atoms with E-state index < -0.39 is 10.0 Å². The van der Waals surface area contributed by atoms with Crippen molar-refractivity contribution in [1.82, 2.24) is 4.40 Å². The first kappa shape index (κ1) is 14.8. The molecule has 0 fully saturated rings. The highest BCUT2D eigenvalue weighted by Gasteiger charge is 2.16. The van der Waals surface area contributed by atoms with Crippen molar-refractivity contribution in [3.05, 3.63) is 78.5 Å². The van der Waals surface area contributed by atoms with Crippen molar-refractivity contribution in [3.8, 4) is 0 Å². The lowest BCUT2D eigenvalue weighted by Crippen LogP contribution is -2.13. The molecule has 0 aliphatic rings. The molecule has 2 heterocycles. The maximum Gasteiger partial charge on any atom is 0.261 e. The van der Waals surface area contributed by atoms with E-state index >= 15 is 0 Å². The summed E-state index contributed by atoms with van der Waals surface area (Å²) in [6.07, 6.45) is 1.93. The SMILES string of the molecule is Cc1ccc(S(=O)(=O)Nc2cc3ccccc3n3cccc23)cc1. The second kappa shape index (κ2) is 5.39. The van der Waals surface area contributed by atoms with E-state index in [2.05, 4.69) is 4.72 Å². The first-order valence-corrected chi connectivity index (χ1v) is 9.11. The molecule has 4 nitrogen and oxygen atoms in total. The van der Waals surface area contributed by atoms with E-state index in [0.717, 1.165) is 22.0 Å². The number of nitrogens with zero attached hydrogens (tertiary/aromatic N) is 1. The Balaban J connectivity index is 1.86. The van der Waals surface area contributed by atoms with Gasteiger partial charge in [0.25, 0.3) is 10.0 Å². The van der Waals surface area contributed by atoms with Crippen LogP contribution in [0.15, 0.2) is 77.8 Å². The number of pyridine rings is 1. The van der Waals surface area contributed by atoms with E-state index in [-0.39, 0.29) is 4.90 Å². The van der Waals surface area contributed by atoms with Gasteiger partial charge in [-0.05, 0) is 43.3 Å². The topological polar surface area (TPSA) is 50.6 Å². The summed E-state index contributed by atoms with van der Waals surface area (Å²) in [6, 6.07) is 20.4. The first-order valence-electron chi connectivity index (χ1n) is 7.63. The van der Waals surface area contributed by atoms with Gasteiger partial charge in [0.15, 0.2) is 0 Å². The van der Waals surface area contributed by atoms with Crippen LogP contribution in [0.4, 0.5) is 5.69 Å². The number of hydrogen-bond donors (Lipinski definition) is 1. The van der Waals surface area contributed by atoms with Crippen LogP contribution in [0.2, 0.25) is 0 Å². The minimum atomic E-state index is -3.63. The number of anilines is 1. The Bertz CT molecular complexity index is 1140. The Morgan fingerprint density at radius 3 is 2.38 bits per heavy atom. The average molecular weight is 336 g/mol. The quantitative estimate of drug-likeness (QED) is 0.609. The summed E-state index contributed by atoms with van der Waals surface area (Å²) in [5.74, 6) is 0. The molecule has 1 N–H and O–H groups in total. The molecule has 0 bridgehead atoms. The van der Waals surface area contributed by atoms with Crippen molar-refractivity contribution in [2.45, 2.75) is 11.8 Å². The zero-order valence-electron chi connectivity index (χ0n) is 13.1. The molecule has 120 valence electrons. The predicted octanol–water partition coefficient (Wildman–Crippen LogP) is 4.20. The summed E-state index contributed by atoms with van der Waals surface area (Å²) in [6.45, 7) is 1.93. The summed E-state index contributed by atoms with van der Waals surface area (Å²) in [7, 11) is -3.63. The zero-order chi connectivity index (χ0) is 16.7. The third-order valence-electron chi connectivity index (χ3n) is 4.10. The van der Waals surface area contributed by atoms with Crippen LogP contribution in [0.25, 0.3) is 16.4 Å². The minimum Gasteiger partial charge on any atom is -0.315 e. The number of nitrogens with one attached hydrogen (secondary N) is 1. The largest absolute Gasteiger partial charge is 0.315 e. The van der Waals surface area contributed by atoms with Gasteiger partial charge in [0.05, 0.1) is 21.6 Å². The fourth-order valence-electron chi connectivity index (χ4n) is 2.87. The highest BCUT2D eigenvalue weighted by molar-refractivity contribution is 7.92. The van der Waals surface area contributed by atoms with E-state index in [1.807, 2.05) is 60.0 Å². The number of fused-ring (bicyclic) bond motifs is 3. The van der Waals surface area contributed by atoms with Crippen molar-refractivity contribution in [3.63, 3.8) is 0 Å². The summed E-state index contributed by atoms with van der Waals surface area (Å²) in [4.78, 5) is 0.256. The minimum absolute atomic E-state index is 0.256. The average Bonchev–Trinajstić information content (AvgIpc) is 3.05. The second-order valence-corrected chi connectivity index (χ2v) is 7.48. The fraction of sp³-hybridized carbons (Fsp3) is 0.0526. The van der Waals surface area contributed by atoms with Gasteiger partial charge in [-0.2, -0.15) is 0 Å². The van der Waals surface area contributed by atoms with Crippen molar-refractivity contribution >= 4 is 32.1 Å². The standard InChI is InChI=1S/C19H16N2O2S/c1-14-8-10-16(11-9-14)24(22,23)20-17-13-15-5-2-3-6-18(15)21-12-4-7-19(17)21/h2-13,20H,1H3. The summed E-state index contributed by atoms with van der Waals surface area (Å²) < 4.78 is 30.1. The lowest BCUT2D eigenvalue weighted by Gasteiger charge is -2.12. The molecule has 4 aromatic rings. The van der Waals surface area contributed by atoms with Gasteiger partial charge >= 0.3 is 0 Å². The van der Waals surface area contributed by atoms with Gasteiger partial charge in [0.2, 0.25) is 0 Å². The molecule has 0 atom stereocenters. The number of benzene rings is 2. The zero-order valence-corrected chi connectivity index (χ0v) is 13.9. The van der Waals surface area contributed by atoms with E-state index in [4.69, 9.17) is 0 Å². The Morgan fingerprint density at radius 1 is 0.875 bits per heavy atom. The van der Waals surface area contributed by atoms with E-state index in [0.29, 0.717) is 5.69 Å². The third kappa shape index (κ3) is 2.43. The lowest BCUT2D eigenvalue weighted by molar-refractivity contribution is 0.601. The predicted molar refractivity (Wildman–Crippen MR) is 96.9 cm³/mol. The van der Waals surface area contributed by atoms with Gasteiger partial charge in [-0.25, -0.2) is 8.42 Å². The molecular weight excluding hydrogens is 320 g/mol. The van der Waals surface area contributed by atoms with Crippen molar-refractivity contribution in [1.29, 1.82) is 0 Å². The highest BCUT2D eigenvalue weighted by Crippen LogP contribution is 2.27. The molecule has 0 saturated heterocycles. The molecule has 0 spiro atoms. The maximum absolute atomic E-state index is 12.7. The van der Waals surface area contributed by atoms with Gasteiger partial charge in [0.1, 0.15) is 0 Å². The molecular formula is C19H16N2O2S. The van der Waals surface area contributed by atoms with Crippen LogP contribution in [0.5, 0.6) is 0 Å². The molecule has 0 radical (unpaired) electrons. The number of hydrogen-bond acceptors (Lipinski definition) is 2. The number of para-hydroxylation sites is 1. The fourth-order valence-corrected chi connectivity index (χ4v) is 3.94. The van der Waals surface area contributed by atoms with Gasteiger partial charge in [0, 0.05) is 11.6 Å². The molecule has 2 aromatic carbocycles. The molecule has 0 aliphatic heterocycles. The lowest BCUT2D eigenvalue weighted by atomic mass is 10.2. The Labute approximate surface area is 140 Å². The normalized spacial score (nSPS) is 11.9. The molecule has 0 unspecified atom stereocenters. The molecule has 0 aliphatic carbocycles. The van der Waals surface area contributed by atoms with Crippen LogP contribution in [0.1, 0.15) is 5.56 Å². The number of aryl methyl sites for hydroxylation is 1. The Hall–Kier alpha value is -2.79. The van der Waals surface area contributed by atoms with Crippen LogP contribution in [-0.4, -0.2) is 12.8 Å². The number of rotatable bonds is 3. The van der Waals surface area contributed by atoms with Crippen LogP contribution in [0, 0.1) is 6.92 Å². The first-order chi connectivity index (χ1) is 11.5. The monoisotopic (exact) mass is 336 g/mol. The molecule has 5 heteroatoms. The smallest absolute Gasteiger partial charge is 0.261 e. The number of sulfonamides is 1. The molecule has 2 aromatic heterocycles. The molecule has 0 saturated carbocycles. The summed E-state index contributed by atoms with van der Waals surface area (Å²) in [5, 5.41) is 0.975. The van der Waals surface area contributed by atoms with Gasteiger partial charge in [-0.1, -0.05) is 35.9 Å². The molecule has 24 heavy (non-hydrogen) atoms. The van der Waals surface area contributed by atoms with E-state index in [9.17, 15) is 8.42 Å². The van der Waals surface area contributed by atoms with Gasteiger partial charge < -0.3 is 4.40 Å². The van der Waals surface area contributed by atoms with Crippen molar-refractivity contribution in [2.24, 2.45) is 0 Å². The molecule has 4 rings (SSSR count). The van der Waals surface area contributed by atoms with Crippen LogP contribution in [0.3, 0.4) is 0 Å².